The number of aliphatic hydroxyl groups is 1. The fraction of sp³-hybridized carbons (Fsp3) is 0.520. The van der Waals surface area contributed by atoms with Crippen LogP contribution < -0.4 is 15.0 Å². The van der Waals surface area contributed by atoms with Crippen LogP contribution in [0.1, 0.15) is 57.4 Å². The Labute approximate surface area is 194 Å². The number of hydrogen-bond acceptors (Lipinski definition) is 6. The molecule has 1 aromatic heterocycles. The predicted molar refractivity (Wildman–Crippen MR) is 128 cm³/mol. The van der Waals surface area contributed by atoms with Crippen LogP contribution in [0.5, 0.6) is 5.75 Å². The molecule has 1 aliphatic carbocycles. The highest BCUT2D eigenvalue weighted by Gasteiger charge is 2.34. The van der Waals surface area contributed by atoms with Crippen LogP contribution in [0.25, 0.3) is 0 Å². The van der Waals surface area contributed by atoms with Gasteiger partial charge >= 0.3 is 0 Å². The van der Waals surface area contributed by atoms with Gasteiger partial charge in [0.05, 0.1) is 17.8 Å². The molecule has 0 radical (unpaired) electrons. The first-order valence-corrected chi connectivity index (χ1v) is 11.8. The monoisotopic (exact) mass is 457 g/mol. The number of carbonyl (C=O) groups excluding carboxylic acids is 1. The highest BCUT2D eigenvalue weighted by Crippen LogP contribution is 2.36. The molecule has 7 heteroatoms. The fourth-order valence-electron chi connectivity index (χ4n) is 4.47. The molecule has 2 heterocycles. The number of anilines is 2. The van der Waals surface area contributed by atoms with E-state index in [0.29, 0.717) is 23.8 Å². The summed E-state index contributed by atoms with van der Waals surface area (Å²) in [5.41, 5.74) is 1.45. The second-order valence-corrected chi connectivity index (χ2v) is 9.65. The molecule has 2 aromatic rings. The Balaban J connectivity index is 1.34. The zero-order chi connectivity index (χ0) is 22.7. The summed E-state index contributed by atoms with van der Waals surface area (Å²) in [6.45, 7) is 5.77. The van der Waals surface area contributed by atoms with Gasteiger partial charge in [-0.2, -0.15) is 0 Å². The summed E-state index contributed by atoms with van der Waals surface area (Å²) in [6.07, 6.45) is 5.99. The molecular formula is C25H32ClN3O3. The van der Waals surface area contributed by atoms with E-state index in [2.05, 4.69) is 22.1 Å². The van der Waals surface area contributed by atoms with Crippen LogP contribution in [0.3, 0.4) is 0 Å². The van der Waals surface area contributed by atoms with Crippen LogP contribution in [0.15, 0.2) is 36.5 Å². The summed E-state index contributed by atoms with van der Waals surface area (Å²) in [6, 6.07) is 9.99. The molecule has 1 saturated heterocycles. The molecule has 1 aromatic carbocycles. The number of rotatable bonds is 9. The van der Waals surface area contributed by atoms with E-state index in [0.717, 1.165) is 55.8 Å². The van der Waals surface area contributed by atoms with Crippen molar-refractivity contribution < 1.29 is 14.6 Å². The van der Waals surface area contributed by atoms with Crippen molar-refractivity contribution in [3.05, 3.63) is 47.1 Å². The molecule has 0 bridgehead atoms. The Bertz CT molecular complexity index is 946. The fourth-order valence-corrected chi connectivity index (χ4v) is 4.77. The van der Waals surface area contributed by atoms with Crippen molar-refractivity contribution in [2.24, 2.45) is 0 Å². The first-order chi connectivity index (χ1) is 15.3. The number of benzene rings is 1. The van der Waals surface area contributed by atoms with E-state index in [9.17, 15) is 9.90 Å². The van der Waals surface area contributed by atoms with Gasteiger partial charge in [0.25, 0.3) is 0 Å². The van der Waals surface area contributed by atoms with Gasteiger partial charge in [0.1, 0.15) is 28.5 Å². The molecule has 2 aliphatic rings. The molecule has 2 atom stereocenters. The largest absolute Gasteiger partial charge is 0.489 e. The van der Waals surface area contributed by atoms with Crippen LogP contribution in [0.2, 0.25) is 5.02 Å². The SMILES string of the molecule is CC(=O)C[C@@H](C)c1ccc(O[C@@H]2CCN(c3ccnc(NCC4(O)CCC4)c3Cl)C2)cc1. The Morgan fingerprint density at radius 1 is 1.34 bits per heavy atom. The van der Waals surface area contributed by atoms with Gasteiger partial charge in [-0.05, 0) is 55.9 Å². The summed E-state index contributed by atoms with van der Waals surface area (Å²) in [7, 11) is 0. The number of carbonyl (C=O) groups is 1. The lowest BCUT2D eigenvalue weighted by Gasteiger charge is -2.36. The van der Waals surface area contributed by atoms with Crippen molar-refractivity contribution in [1.29, 1.82) is 0 Å². The second-order valence-electron chi connectivity index (χ2n) is 9.27. The summed E-state index contributed by atoms with van der Waals surface area (Å²) in [4.78, 5) is 17.9. The Kier molecular flexibility index (Phi) is 6.91. The van der Waals surface area contributed by atoms with Gasteiger partial charge in [-0.1, -0.05) is 30.7 Å². The minimum Gasteiger partial charge on any atom is -0.489 e. The van der Waals surface area contributed by atoms with Crippen molar-refractivity contribution in [3.63, 3.8) is 0 Å². The maximum Gasteiger partial charge on any atom is 0.146 e. The summed E-state index contributed by atoms with van der Waals surface area (Å²) < 4.78 is 6.21. The third-order valence-electron chi connectivity index (χ3n) is 6.57. The van der Waals surface area contributed by atoms with E-state index in [-0.39, 0.29) is 17.8 Å². The zero-order valence-electron chi connectivity index (χ0n) is 18.8. The third-order valence-corrected chi connectivity index (χ3v) is 6.94. The normalized spacial score (nSPS) is 20.5. The first kappa shape index (κ1) is 22.9. The Hall–Kier alpha value is -2.31. The summed E-state index contributed by atoms with van der Waals surface area (Å²) >= 11 is 6.66. The zero-order valence-corrected chi connectivity index (χ0v) is 19.6. The highest BCUT2D eigenvalue weighted by atomic mass is 35.5. The van der Waals surface area contributed by atoms with Crippen molar-refractivity contribution in [2.75, 3.05) is 29.9 Å². The van der Waals surface area contributed by atoms with E-state index >= 15 is 0 Å². The minimum absolute atomic E-state index is 0.0758. The first-order valence-electron chi connectivity index (χ1n) is 11.4. The second kappa shape index (κ2) is 9.67. The molecule has 32 heavy (non-hydrogen) atoms. The average Bonchev–Trinajstić information content (AvgIpc) is 3.20. The smallest absolute Gasteiger partial charge is 0.146 e. The number of ketones is 1. The quantitative estimate of drug-likeness (QED) is 0.563. The average molecular weight is 458 g/mol. The molecule has 172 valence electrons. The van der Waals surface area contributed by atoms with Gasteiger partial charge in [-0.25, -0.2) is 4.98 Å². The molecule has 0 spiro atoms. The maximum absolute atomic E-state index is 11.4. The van der Waals surface area contributed by atoms with Gasteiger partial charge in [-0.3, -0.25) is 0 Å². The number of hydrogen-bond donors (Lipinski definition) is 2. The number of aromatic nitrogens is 1. The van der Waals surface area contributed by atoms with Crippen molar-refractivity contribution in [1.82, 2.24) is 4.98 Å². The molecule has 4 rings (SSSR count). The number of ether oxygens (including phenoxy) is 1. The van der Waals surface area contributed by atoms with Crippen LogP contribution in [-0.2, 0) is 4.79 Å². The topological polar surface area (TPSA) is 74.7 Å². The number of Topliss-reactive ketones (excluding diaryl/α,β-unsaturated/α-hetero) is 1. The molecule has 6 nitrogen and oxygen atoms in total. The van der Waals surface area contributed by atoms with E-state index in [1.54, 1.807) is 13.1 Å². The number of halogens is 1. The molecular weight excluding hydrogens is 426 g/mol. The van der Waals surface area contributed by atoms with E-state index in [1.165, 1.54) is 0 Å². The van der Waals surface area contributed by atoms with Crippen LogP contribution >= 0.6 is 11.6 Å². The molecule has 1 saturated carbocycles. The minimum atomic E-state index is -0.632. The molecule has 0 unspecified atom stereocenters. The van der Waals surface area contributed by atoms with Crippen LogP contribution in [-0.4, -0.2) is 47.2 Å². The lowest BCUT2D eigenvalue weighted by atomic mass is 9.80. The van der Waals surface area contributed by atoms with Crippen LogP contribution in [0, 0.1) is 0 Å². The lowest BCUT2D eigenvalue weighted by molar-refractivity contribution is -0.117. The van der Waals surface area contributed by atoms with E-state index in [4.69, 9.17) is 16.3 Å². The number of nitrogens with one attached hydrogen (secondary N) is 1. The van der Waals surface area contributed by atoms with Crippen molar-refractivity contribution >= 4 is 28.9 Å². The third kappa shape index (κ3) is 5.36. The van der Waals surface area contributed by atoms with Gasteiger partial charge in [0.2, 0.25) is 0 Å². The van der Waals surface area contributed by atoms with Crippen molar-refractivity contribution in [2.45, 2.75) is 63.6 Å². The lowest BCUT2D eigenvalue weighted by Crippen LogP contribution is -2.43. The van der Waals surface area contributed by atoms with Gasteiger partial charge in [0.15, 0.2) is 0 Å². The summed E-state index contributed by atoms with van der Waals surface area (Å²) in [5.74, 6) is 1.87. The number of nitrogens with zero attached hydrogens (tertiary/aromatic N) is 2. The Morgan fingerprint density at radius 2 is 2.09 bits per heavy atom. The van der Waals surface area contributed by atoms with Crippen LogP contribution in [0.4, 0.5) is 11.5 Å². The van der Waals surface area contributed by atoms with Gasteiger partial charge < -0.3 is 24.9 Å². The van der Waals surface area contributed by atoms with Gasteiger partial charge in [-0.15, -0.1) is 0 Å². The van der Waals surface area contributed by atoms with E-state index < -0.39 is 5.60 Å². The molecule has 1 aliphatic heterocycles. The number of pyridine rings is 1. The summed E-state index contributed by atoms with van der Waals surface area (Å²) in [5, 5.41) is 14.1. The Morgan fingerprint density at radius 3 is 2.75 bits per heavy atom. The van der Waals surface area contributed by atoms with Crippen molar-refractivity contribution in [3.8, 4) is 5.75 Å². The van der Waals surface area contributed by atoms with Gasteiger partial charge in [0, 0.05) is 32.1 Å². The predicted octanol–water partition coefficient (Wildman–Crippen LogP) is 4.80. The maximum atomic E-state index is 11.4. The standard InChI is InChI=1S/C25H32ClN3O3/c1-17(14-18(2)30)19-4-6-20(7-5-19)32-21-9-13-29(15-21)22-8-12-27-24(23(22)26)28-16-25(31)10-3-11-25/h4-8,12,17,21,31H,3,9-11,13-16H2,1-2H3,(H,27,28)/t17-,21-/m1/s1. The highest BCUT2D eigenvalue weighted by molar-refractivity contribution is 6.35. The van der Waals surface area contributed by atoms with E-state index in [1.807, 2.05) is 30.3 Å². The molecule has 0 amide bonds. The molecule has 2 N–H and O–H groups in total. The molecule has 2 fully saturated rings.